The Morgan fingerprint density at radius 3 is 2.43 bits per heavy atom. The van der Waals surface area contributed by atoms with Crippen LogP contribution in [0.1, 0.15) is 22.9 Å². The maximum atomic E-state index is 12.0. The van der Waals surface area contributed by atoms with E-state index in [-0.39, 0.29) is 37.1 Å². The van der Waals surface area contributed by atoms with E-state index < -0.39 is 6.10 Å². The number of hydrogen-bond acceptors (Lipinski definition) is 6. The van der Waals surface area contributed by atoms with Gasteiger partial charge in [-0.1, -0.05) is 42.5 Å². The third kappa shape index (κ3) is 8.30. The molecule has 0 fully saturated rings. The summed E-state index contributed by atoms with van der Waals surface area (Å²) < 4.78 is 0. The fourth-order valence-corrected chi connectivity index (χ4v) is 3.36. The van der Waals surface area contributed by atoms with Gasteiger partial charge in [0.25, 0.3) is 0 Å². The number of rotatable bonds is 9. The number of aliphatic hydroxyl groups excluding tert-OH is 1. The maximum absolute atomic E-state index is 12.0. The number of halogens is 2. The topological polar surface area (TPSA) is 100 Å². The van der Waals surface area contributed by atoms with E-state index in [1.54, 1.807) is 5.38 Å². The van der Waals surface area contributed by atoms with Crippen molar-refractivity contribution in [2.45, 2.75) is 18.9 Å². The quantitative estimate of drug-likeness (QED) is 0.359. The van der Waals surface area contributed by atoms with E-state index in [2.05, 4.69) is 15.6 Å². The molecular weight excluding hydrogens is 443 g/mol. The van der Waals surface area contributed by atoms with Crippen LogP contribution in [0.25, 0.3) is 0 Å². The predicted molar refractivity (Wildman–Crippen MR) is 128 cm³/mol. The Morgan fingerprint density at radius 1 is 1.10 bits per heavy atom. The van der Waals surface area contributed by atoms with Crippen LogP contribution < -0.4 is 16.4 Å². The van der Waals surface area contributed by atoms with Gasteiger partial charge >= 0.3 is 0 Å². The Balaban J connectivity index is 0.00000225. The second-order valence-corrected chi connectivity index (χ2v) is 7.37. The van der Waals surface area contributed by atoms with Crippen LogP contribution in [0.2, 0.25) is 0 Å². The predicted octanol–water partition coefficient (Wildman–Crippen LogP) is 3.62. The fraction of sp³-hybridized carbons (Fsp3) is 0.238. The van der Waals surface area contributed by atoms with Gasteiger partial charge in [-0.25, -0.2) is 4.98 Å². The van der Waals surface area contributed by atoms with Crippen molar-refractivity contribution in [3.63, 3.8) is 0 Å². The average Bonchev–Trinajstić information content (AvgIpc) is 3.11. The van der Waals surface area contributed by atoms with E-state index >= 15 is 0 Å². The number of nitrogens with zero attached hydrogens (tertiary/aromatic N) is 1. The summed E-state index contributed by atoms with van der Waals surface area (Å²) in [7, 11) is 0. The van der Waals surface area contributed by atoms with Gasteiger partial charge in [-0.15, -0.1) is 36.2 Å². The van der Waals surface area contributed by atoms with Gasteiger partial charge in [-0.05, 0) is 36.2 Å². The highest BCUT2D eigenvalue weighted by atomic mass is 35.5. The number of anilines is 2. The molecule has 0 aliphatic carbocycles. The maximum Gasteiger partial charge on any atom is 0.230 e. The van der Waals surface area contributed by atoms with Crippen molar-refractivity contribution in [2.24, 2.45) is 0 Å². The summed E-state index contributed by atoms with van der Waals surface area (Å²) in [6, 6.07) is 17.4. The summed E-state index contributed by atoms with van der Waals surface area (Å²) in [5, 5.41) is 18.5. The highest BCUT2D eigenvalue weighted by Crippen LogP contribution is 2.14. The number of hydrogen-bond donors (Lipinski definition) is 4. The minimum atomic E-state index is -0.508. The molecule has 3 rings (SSSR count). The first-order valence-corrected chi connectivity index (χ1v) is 10.0. The molecule has 30 heavy (non-hydrogen) atoms. The number of nitrogen functional groups attached to an aromatic ring is 1. The van der Waals surface area contributed by atoms with Crippen LogP contribution in [0.15, 0.2) is 60.0 Å². The zero-order chi connectivity index (χ0) is 19.8. The van der Waals surface area contributed by atoms with Crippen molar-refractivity contribution in [3.8, 4) is 0 Å². The number of amides is 1. The lowest BCUT2D eigenvalue weighted by Crippen LogP contribution is -2.23. The summed E-state index contributed by atoms with van der Waals surface area (Å²) in [6.45, 7) is 1.28. The van der Waals surface area contributed by atoms with Gasteiger partial charge in [0.05, 0.1) is 18.2 Å². The first kappa shape index (κ1) is 25.9. The van der Waals surface area contributed by atoms with E-state index in [0.29, 0.717) is 17.4 Å². The summed E-state index contributed by atoms with van der Waals surface area (Å²) in [6.07, 6.45) is 0.545. The Morgan fingerprint density at radius 2 is 1.80 bits per heavy atom. The molecule has 9 heteroatoms. The van der Waals surface area contributed by atoms with Gasteiger partial charge in [0.1, 0.15) is 0 Å². The summed E-state index contributed by atoms with van der Waals surface area (Å²) in [5.41, 5.74) is 9.08. The zero-order valence-electron chi connectivity index (χ0n) is 16.3. The largest absolute Gasteiger partial charge is 0.387 e. The molecule has 0 saturated carbocycles. The van der Waals surface area contributed by atoms with Crippen LogP contribution in [0.3, 0.4) is 0 Å². The SMILES string of the molecule is Cl.Cl.Nc1nc(CC(=O)Nc2ccc(CCNC[C@@H](O)c3ccccc3)cc2)cs1. The van der Waals surface area contributed by atoms with E-state index in [1.165, 1.54) is 11.3 Å². The van der Waals surface area contributed by atoms with Gasteiger partial charge in [0.15, 0.2) is 5.13 Å². The number of aliphatic hydroxyl groups is 1. The van der Waals surface area contributed by atoms with Gasteiger partial charge in [-0.3, -0.25) is 4.79 Å². The average molecular weight is 469 g/mol. The number of aromatic nitrogens is 1. The van der Waals surface area contributed by atoms with E-state index in [4.69, 9.17) is 5.73 Å². The minimum Gasteiger partial charge on any atom is -0.387 e. The highest BCUT2D eigenvalue weighted by Gasteiger charge is 2.08. The molecule has 0 radical (unpaired) electrons. The highest BCUT2D eigenvalue weighted by molar-refractivity contribution is 7.13. The molecule has 1 amide bonds. The van der Waals surface area contributed by atoms with Crippen LogP contribution in [0.4, 0.5) is 10.8 Å². The standard InChI is InChI=1S/C21H24N4O2S.2ClH/c22-21-25-18(14-28-21)12-20(27)24-17-8-6-15(7-9-17)10-11-23-13-19(26)16-4-2-1-3-5-16;;/h1-9,14,19,23,26H,10-13H2,(H2,22,25)(H,24,27);2*1H/t19-;;/m1../s1. The molecule has 0 saturated heterocycles. The number of carbonyl (C=O) groups excluding carboxylic acids is 1. The summed E-state index contributed by atoms with van der Waals surface area (Å²) >= 11 is 1.33. The van der Waals surface area contributed by atoms with Crippen molar-refractivity contribution in [1.29, 1.82) is 0 Å². The number of nitrogens with two attached hydrogens (primary N) is 1. The van der Waals surface area contributed by atoms with Crippen molar-refractivity contribution < 1.29 is 9.90 Å². The van der Waals surface area contributed by atoms with Crippen molar-refractivity contribution >= 4 is 52.9 Å². The molecule has 3 aromatic rings. The first-order chi connectivity index (χ1) is 13.6. The Labute approximate surface area is 192 Å². The lowest BCUT2D eigenvalue weighted by molar-refractivity contribution is -0.115. The second-order valence-electron chi connectivity index (χ2n) is 6.48. The fourth-order valence-electron chi connectivity index (χ4n) is 2.79. The zero-order valence-corrected chi connectivity index (χ0v) is 18.7. The molecule has 162 valence electrons. The normalized spacial score (nSPS) is 11.1. The molecule has 1 heterocycles. The first-order valence-electron chi connectivity index (χ1n) is 9.12. The monoisotopic (exact) mass is 468 g/mol. The van der Waals surface area contributed by atoms with E-state index in [1.807, 2.05) is 54.6 Å². The molecule has 0 aliphatic rings. The third-order valence-corrected chi connectivity index (χ3v) is 4.98. The Kier molecular flexibility index (Phi) is 11.4. The summed E-state index contributed by atoms with van der Waals surface area (Å²) in [4.78, 5) is 16.1. The molecular formula is C21H26Cl2N4O2S. The number of benzene rings is 2. The number of nitrogens with one attached hydrogen (secondary N) is 2. The Hall–Kier alpha value is -2.16. The lowest BCUT2D eigenvalue weighted by atomic mass is 10.1. The van der Waals surface area contributed by atoms with Crippen molar-refractivity contribution in [1.82, 2.24) is 10.3 Å². The smallest absolute Gasteiger partial charge is 0.230 e. The van der Waals surface area contributed by atoms with Crippen LogP contribution in [0.5, 0.6) is 0 Å². The van der Waals surface area contributed by atoms with Crippen molar-refractivity contribution in [2.75, 3.05) is 24.1 Å². The molecule has 1 atom stereocenters. The molecule has 0 bridgehead atoms. The van der Waals surface area contributed by atoms with E-state index in [9.17, 15) is 9.90 Å². The molecule has 0 unspecified atom stereocenters. The van der Waals surface area contributed by atoms with Crippen LogP contribution in [0, 0.1) is 0 Å². The van der Waals surface area contributed by atoms with Gasteiger partial charge in [-0.2, -0.15) is 0 Å². The lowest BCUT2D eigenvalue weighted by Gasteiger charge is -2.12. The van der Waals surface area contributed by atoms with Crippen LogP contribution >= 0.6 is 36.2 Å². The molecule has 2 aromatic carbocycles. The van der Waals surface area contributed by atoms with Crippen molar-refractivity contribution in [3.05, 3.63) is 76.8 Å². The number of carbonyl (C=O) groups is 1. The van der Waals surface area contributed by atoms with Crippen LogP contribution in [-0.4, -0.2) is 29.1 Å². The Bertz CT molecular complexity index is 892. The van der Waals surface area contributed by atoms with Gasteiger partial charge in [0, 0.05) is 17.6 Å². The molecule has 6 nitrogen and oxygen atoms in total. The van der Waals surface area contributed by atoms with Crippen LogP contribution in [-0.2, 0) is 17.6 Å². The number of thiazole rings is 1. The second kappa shape index (κ2) is 13.2. The molecule has 0 aliphatic heterocycles. The molecule has 1 aromatic heterocycles. The molecule has 5 N–H and O–H groups in total. The van der Waals surface area contributed by atoms with Gasteiger partial charge in [0.2, 0.25) is 5.91 Å². The minimum absolute atomic E-state index is 0. The van der Waals surface area contributed by atoms with E-state index in [0.717, 1.165) is 29.8 Å². The third-order valence-electron chi connectivity index (χ3n) is 4.26. The molecule has 0 spiro atoms. The summed E-state index contributed by atoms with van der Waals surface area (Å²) in [5.74, 6) is -0.116. The van der Waals surface area contributed by atoms with Gasteiger partial charge < -0.3 is 21.5 Å².